The molecule has 66 valence electrons. The fourth-order valence-corrected chi connectivity index (χ4v) is 1.75. The Kier molecular flexibility index (Phi) is 7.03. The molecule has 0 rings (SSSR count). The van der Waals surface area contributed by atoms with Gasteiger partial charge in [-0.15, -0.1) is 0 Å². The SMILES string of the molecule is CCCCO/C=[CH]\[Ge]([Cl])([Cl])[Cl]. The maximum atomic E-state index is 5.60. The van der Waals surface area contributed by atoms with Gasteiger partial charge in [0.05, 0.1) is 0 Å². The average molecular weight is 278 g/mol. The first-order valence-electron chi connectivity index (χ1n) is 3.42. The van der Waals surface area contributed by atoms with Crippen LogP contribution in [0.5, 0.6) is 0 Å². The second-order valence-electron chi connectivity index (χ2n) is 2.07. The van der Waals surface area contributed by atoms with Crippen molar-refractivity contribution in [2.45, 2.75) is 19.8 Å². The van der Waals surface area contributed by atoms with Crippen LogP contribution in [0.15, 0.2) is 11.2 Å². The Morgan fingerprint density at radius 3 is 2.45 bits per heavy atom. The van der Waals surface area contributed by atoms with E-state index in [9.17, 15) is 0 Å². The number of rotatable bonds is 5. The van der Waals surface area contributed by atoms with Gasteiger partial charge in [0.1, 0.15) is 0 Å². The second-order valence-corrected chi connectivity index (χ2v) is 17.4. The van der Waals surface area contributed by atoms with Crippen molar-refractivity contribution in [3.63, 3.8) is 0 Å². The van der Waals surface area contributed by atoms with Gasteiger partial charge in [-0.25, -0.2) is 0 Å². The van der Waals surface area contributed by atoms with E-state index in [2.05, 4.69) is 6.92 Å². The maximum absolute atomic E-state index is 5.60. The van der Waals surface area contributed by atoms with Crippen molar-refractivity contribution >= 4 is 40.5 Å². The summed E-state index contributed by atoms with van der Waals surface area (Å²) in [5, 5.41) is 0. The Balaban J connectivity index is 3.30. The van der Waals surface area contributed by atoms with Gasteiger partial charge < -0.3 is 0 Å². The van der Waals surface area contributed by atoms with Crippen LogP contribution in [0.3, 0.4) is 0 Å². The number of unbranched alkanes of at least 4 members (excludes halogenated alkanes) is 1. The average Bonchev–Trinajstić information content (AvgIpc) is 1.85. The number of hydrogen-bond donors (Lipinski definition) is 0. The van der Waals surface area contributed by atoms with Gasteiger partial charge in [0.25, 0.3) is 0 Å². The summed E-state index contributed by atoms with van der Waals surface area (Å²) in [6.45, 7) is 2.80. The molecule has 1 nitrogen and oxygen atoms in total. The molecule has 5 heteroatoms. The zero-order valence-corrected chi connectivity index (χ0v) is 10.7. The van der Waals surface area contributed by atoms with Crippen LogP contribution >= 0.6 is 30.0 Å². The third-order valence-corrected chi connectivity index (χ3v) is 4.01. The monoisotopic (exact) mass is 278 g/mol. The standard InChI is InChI=1S/C6H11Cl3GeO/c1-2-3-5-11-6-4-10(7,8)9/h4,6H,2-3,5H2,1H3/b6-4-. The van der Waals surface area contributed by atoms with Gasteiger partial charge in [-0.05, 0) is 0 Å². The minimum absolute atomic E-state index is 0.704. The van der Waals surface area contributed by atoms with Crippen LogP contribution in [-0.2, 0) is 4.74 Å². The molecular weight excluding hydrogens is 267 g/mol. The fourth-order valence-electron chi connectivity index (χ4n) is 0.421. The van der Waals surface area contributed by atoms with E-state index in [1.54, 1.807) is 4.91 Å². The van der Waals surface area contributed by atoms with Crippen molar-refractivity contribution in [3.8, 4) is 0 Å². The van der Waals surface area contributed by atoms with Gasteiger partial charge in [0, 0.05) is 0 Å². The van der Waals surface area contributed by atoms with Crippen LogP contribution in [0.2, 0.25) is 0 Å². The molecule has 0 aliphatic carbocycles. The molecular formula is C6H11Cl3GeO. The summed E-state index contributed by atoms with van der Waals surface area (Å²) in [4.78, 5) is 1.57. The quantitative estimate of drug-likeness (QED) is 0.425. The Bertz CT molecular complexity index is 121. The first-order valence-corrected chi connectivity index (χ1v) is 12.9. The van der Waals surface area contributed by atoms with E-state index in [4.69, 9.17) is 34.8 Å². The summed E-state index contributed by atoms with van der Waals surface area (Å²) >= 11 is 0. The van der Waals surface area contributed by atoms with E-state index in [0.29, 0.717) is 6.61 Å². The molecule has 0 atom stereocenters. The van der Waals surface area contributed by atoms with Crippen LogP contribution in [-0.4, -0.2) is 17.1 Å². The molecule has 0 aromatic carbocycles. The van der Waals surface area contributed by atoms with E-state index in [1.807, 2.05) is 0 Å². The molecule has 0 aliphatic heterocycles. The van der Waals surface area contributed by atoms with Crippen molar-refractivity contribution in [2.24, 2.45) is 0 Å². The zero-order chi connectivity index (χ0) is 8.74. The van der Waals surface area contributed by atoms with Crippen LogP contribution in [0.1, 0.15) is 19.8 Å². The summed E-state index contributed by atoms with van der Waals surface area (Å²) in [5.41, 5.74) is 0. The Morgan fingerprint density at radius 1 is 1.36 bits per heavy atom. The first-order chi connectivity index (χ1) is 5.06. The van der Waals surface area contributed by atoms with Gasteiger partial charge in [-0.1, -0.05) is 0 Å². The first kappa shape index (κ1) is 12.0. The van der Waals surface area contributed by atoms with Gasteiger partial charge >= 0.3 is 82.8 Å². The van der Waals surface area contributed by atoms with Crippen LogP contribution < -0.4 is 0 Å². The van der Waals surface area contributed by atoms with Gasteiger partial charge in [0.15, 0.2) is 0 Å². The molecule has 0 fully saturated rings. The molecule has 11 heavy (non-hydrogen) atoms. The van der Waals surface area contributed by atoms with Gasteiger partial charge in [-0.3, -0.25) is 0 Å². The van der Waals surface area contributed by atoms with Gasteiger partial charge in [-0.2, -0.15) is 0 Å². The summed E-state index contributed by atoms with van der Waals surface area (Å²) < 4.78 is 5.06. The van der Waals surface area contributed by atoms with Crippen molar-refractivity contribution in [1.82, 2.24) is 0 Å². The molecule has 0 unspecified atom stereocenters. The summed E-state index contributed by atoms with van der Waals surface area (Å²) in [6, 6.07) is 0. The molecule has 0 saturated heterocycles. The molecule has 0 bridgehead atoms. The van der Waals surface area contributed by atoms with E-state index in [0.717, 1.165) is 12.8 Å². The molecule has 0 N–H and O–H groups in total. The van der Waals surface area contributed by atoms with E-state index >= 15 is 0 Å². The second kappa shape index (κ2) is 6.47. The van der Waals surface area contributed by atoms with E-state index < -0.39 is 10.5 Å². The predicted octanol–water partition coefficient (Wildman–Crippen LogP) is 3.51. The number of hydrogen-bond acceptors (Lipinski definition) is 1. The van der Waals surface area contributed by atoms with Gasteiger partial charge in [0.2, 0.25) is 0 Å². The Morgan fingerprint density at radius 2 is 2.00 bits per heavy atom. The minimum atomic E-state index is -3.05. The van der Waals surface area contributed by atoms with Crippen LogP contribution in [0, 0.1) is 0 Å². The third kappa shape index (κ3) is 11.0. The predicted molar refractivity (Wildman–Crippen MR) is 53.3 cm³/mol. The Hall–Kier alpha value is 0.953. The van der Waals surface area contributed by atoms with Crippen molar-refractivity contribution < 1.29 is 4.74 Å². The summed E-state index contributed by atoms with van der Waals surface area (Å²) in [6.07, 6.45) is 3.66. The summed E-state index contributed by atoms with van der Waals surface area (Å²) in [5.74, 6) is 0. The molecule has 0 aromatic heterocycles. The molecule has 0 saturated carbocycles. The molecule has 0 radical (unpaired) electrons. The number of ether oxygens (including phenoxy) is 1. The summed E-state index contributed by atoms with van der Waals surface area (Å²) in [7, 11) is 13.7. The van der Waals surface area contributed by atoms with Crippen molar-refractivity contribution in [1.29, 1.82) is 0 Å². The Labute approximate surface area is 82.6 Å². The van der Waals surface area contributed by atoms with E-state index in [-0.39, 0.29) is 0 Å². The fraction of sp³-hybridized carbons (Fsp3) is 0.667. The van der Waals surface area contributed by atoms with Crippen molar-refractivity contribution in [2.75, 3.05) is 6.61 Å². The van der Waals surface area contributed by atoms with Crippen molar-refractivity contribution in [3.05, 3.63) is 11.2 Å². The van der Waals surface area contributed by atoms with Crippen LogP contribution in [0.25, 0.3) is 0 Å². The third-order valence-electron chi connectivity index (χ3n) is 0.969. The van der Waals surface area contributed by atoms with E-state index in [1.165, 1.54) is 6.26 Å². The topological polar surface area (TPSA) is 9.23 Å². The van der Waals surface area contributed by atoms with Crippen LogP contribution in [0.4, 0.5) is 0 Å². The molecule has 0 amide bonds. The molecule has 0 aromatic rings. The molecule has 0 aliphatic rings. The zero-order valence-electron chi connectivity index (χ0n) is 6.32. The molecule has 0 heterocycles. The molecule has 0 spiro atoms. The number of halogens is 3. The normalized spacial score (nSPS) is 12.4.